The van der Waals surface area contributed by atoms with Crippen LogP contribution in [0.4, 0.5) is 13.6 Å². The molecule has 6 nitrogen and oxygen atoms in total. The molecule has 0 aliphatic carbocycles. The molecule has 0 radical (unpaired) electrons. The molecule has 0 saturated carbocycles. The molecule has 8 heteroatoms. The number of alkyl halides is 1. The molecule has 2 heterocycles. The molecule has 29 heavy (non-hydrogen) atoms. The normalized spacial score (nSPS) is 20.0. The molecule has 2 N–H and O–H groups in total. The second-order valence-electron chi connectivity index (χ2n) is 7.41. The monoisotopic (exact) mass is 403 g/mol. The molecule has 0 spiro atoms. The summed E-state index contributed by atoms with van der Waals surface area (Å²) in [4.78, 5) is 29.0. The predicted molar refractivity (Wildman–Crippen MR) is 103 cm³/mol. The SMILES string of the molecule is CC(C)c1ccc(C(NC(=O)[C@H]2CC(F)CN2C(=O)O)c2ccccc2)nc1F. The minimum absolute atomic E-state index is 0.0505. The highest BCUT2D eigenvalue weighted by molar-refractivity contribution is 5.86. The first kappa shape index (κ1) is 20.7. The van der Waals surface area contributed by atoms with Crippen molar-refractivity contribution in [3.63, 3.8) is 0 Å². The van der Waals surface area contributed by atoms with Crippen LogP contribution < -0.4 is 5.32 Å². The average Bonchev–Trinajstić information content (AvgIpc) is 3.08. The number of hydrogen-bond donors (Lipinski definition) is 2. The first-order valence-corrected chi connectivity index (χ1v) is 9.43. The van der Waals surface area contributed by atoms with Gasteiger partial charge in [0.2, 0.25) is 11.9 Å². The van der Waals surface area contributed by atoms with Crippen molar-refractivity contribution in [2.75, 3.05) is 6.54 Å². The maximum absolute atomic E-state index is 14.5. The Balaban J connectivity index is 1.92. The molecule has 3 atom stereocenters. The number of pyridine rings is 1. The van der Waals surface area contributed by atoms with Crippen molar-refractivity contribution in [1.82, 2.24) is 15.2 Å². The number of nitrogens with zero attached hydrogens (tertiary/aromatic N) is 2. The van der Waals surface area contributed by atoms with Crippen molar-refractivity contribution in [3.8, 4) is 0 Å². The summed E-state index contributed by atoms with van der Waals surface area (Å²) in [6.07, 6.45) is -2.97. The van der Waals surface area contributed by atoms with Crippen molar-refractivity contribution in [3.05, 3.63) is 65.2 Å². The van der Waals surface area contributed by atoms with Crippen LogP contribution in [0.15, 0.2) is 42.5 Å². The van der Waals surface area contributed by atoms with Crippen molar-refractivity contribution in [2.45, 2.75) is 44.4 Å². The van der Waals surface area contributed by atoms with Gasteiger partial charge in [-0.3, -0.25) is 9.69 Å². The fourth-order valence-electron chi connectivity index (χ4n) is 3.51. The molecular formula is C21H23F2N3O3. The zero-order valence-electron chi connectivity index (χ0n) is 16.2. The number of rotatable bonds is 5. The summed E-state index contributed by atoms with van der Waals surface area (Å²) in [7, 11) is 0. The average molecular weight is 403 g/mol. The zero-order valence-corrected chi connectivity index (χ0v) is 16.2. The third kappa shape index (κ3) is 4.52. The summed E-state index contributed by atoms with van der Waals surface area (Å²) >= 11 is 0. The summed E-state index contributed by atoms with van der Waals surface area (Å²) in [5.41, 5.74) is 1.39. The van der Waals surface area contributed by atoms with Gasteiger partial charge in [0.15, 0.2) is 0 Å². The highest BCUT2D eigenvalue weighted by Crippen LogP contribution is 2.26. The first-order valence-electron chi connectivity index (χ1n) is 9.43. The van der Waals surface area contributed by atoms with E-state index in [1.165, 1.54) is 0 Å². The summed E-state index contributed by atoms with van der Waals surface area (Å²) in [5.74, 6) is -1.31. The molecule has 2 amide bonds. The van der Waals surface area contributed by atoms with Crippen LogP contribution in [0, 0.1) is 5.95 Å². The van der Waals surface area contributed by atoms with Gasteiger partial charge in [-0.1, -0.05) is 50.2 Å². The highest BCUT2D eigenvalue weighted by Gasteiger charge is 2.40. The van der Waals surface area contributed by atoms with E-state index in [0.29, 0.717) is 11.1 Å². The third-order valence-corrected chi connectivity index (χ3v) is 5.03. The van der Waals surface area contributed by atoms with E-state index in [2.05, 4.69) is 10.3 Å². The number of carbonyl (C=O) groups excluding carboxylic acids is 1. The van der Waals surface area contributed by atoms with Crippen LogP contribution >= 0.6 is 0 Å². The van der Waals surface area contributed by atoms with Crippen LogP contribution in [-0.2, 0) is 4.79 Å². The summed E-state index contributed by atoms with van der Waals surface area (Å²) in [6, 6.07) is 10.2. The Hall–Kier alpha value is -3.03. The van der Waals surface area contributed by atoms with Crippen LogP contribution in [0.2, 0.25) is 0 Å². The lowest BCUT2D eigenvalue weighted by Gasteiger charge is -2.25. The van der Waals surface area contributed by atoms with Crippen molar-refractivity contribution in [2.24, 2.45) is 0 Å². The molecule has 1 aromatic heterocycles. The topological polar surface area (TPSA) is 82.5 Å². The van der Waals surface area contributed by atoms with Gasteiger partial charge >= 0.3 is 6.09 Å². The Kier molecular flexibility index (Phi) is 6.10. The Morgan fingerprint density at radius 2 is 1.90 bits per heavy atom. The van der Waals surface area contributed by atoms with E-state index < -0.39 is 36.2 Å². The predicted octanol–water partition coefficient (Wildman–Crippen LogP) is 3.64. The van der Waals surface area contributed by atoms with Gasteiger partial charge in [0, 0.05) is 12.0 Å². The molecule has 2 unspecified atom stereocenters. The Morgan fingerprint density at radius 3 is 2.48 bits per heavy atom. The Morgan fingerprint density at radius 1 is 1.21 bits per heavy atom. The van der Waals surface area contributed by atoms with Gasteiger partial charge in [-0.2, -0.15) is 4.39 Å². The number of carboxylic acid groups (broad SMARTS) is 1. The van der Waals surface area contributed by atoms with E-state index >= 15 is 0 Å². The standard InChI is InChI=1S/C21H23F2N3O3/c1-12(2)15-8-9-16(24-19(15)23)18(13-6-4-3-5-7-13)25-20(27)17-10-14(22)11-26(17)21(28)29/h3-9,12,14,17-18H,10-11H2,1-2H3,(H,25,27)(H,28,29)/t14?,17-,18?/m1/s1. The van der Waals surface area contributed by atoms with E-state index in [4.69, 9.17) is 0 Å². The van der Waals surface area contributed by atoms with E-state index in [9.17, 15) is 23.5 Å². The molecule has 1 aliphatic rings. The maximum Gasteiger partial charge on any atom is 0.408 e. The van der Waals surface area contributed by atoms with Crippen molar-refractivity contribution in [1.29, 1.82) is 0 Å². The number of benzene rings is 1. The van der Waals surface area contributed by atoms with Crippen LogP contribution in [0.25, 0.3) is 0 Å². The molecule has 3 rings (SSSR count). The molecule has 1 aromatic carbocycles. The summed E-state index contributed by atoms with van der Waals surface area (Å²) in [5, 5.41) is 12.0. The maximum atomic E-state index is 14.5. The number of likely N-dealkylation sites (tertiary alicyclic amines) is 1. The zero-order chi connectivity index (χ0) is 21.1. The lowest BCUT2D eigenvalue weighted by molar-refractivity contribution is -0.125. The number of aromatic nitrogens is 1. The molecule has 1 aliphatic heterocycles. The molecule has 1 saturated heterocycles. The van der Waals surface area contributed by atoms with Gasteiger partial charge < -0.3 is 10.4 Å². The number of nitrogens with one attached hydrogen (secondary N) is 1. The molecule has 0 bridgehead atoms. The lowest BCUT2D eigenvalue weighted by atomic mass is 9.99. The van der Waals surface area contributed by atoms with Crippen molar-refractivity contribution < 1.29 is 23.5 Å². The van der Waals surface area contributed by atoms with Gasteiger partial charge in [0.1, 0.15) is 12.2 Å². The van der Waals surface area contributed by atoms with E-state index in [0.717, 1.165) is 4.90 Å². The smallest absolute Gasteiger partial charge is 0.408 e. The van der Waals surface area contributed by atoms with E-state index in [1.807, 2.05) is 13.8 Å². The molecule has 1 fully saturated rings. The van der Waals surface area contributed by atoms with Crippen LogP contribution in [0.3, 0.4) is 0 Å². The van der Waals surface area contributed by atoms with E-state index in [-0.39, 0.29) is 24.6 Å². The summed E-state index contributed by atoms with van der Waals surface area (Å²) < 4.78 is 28.2. The molecular weight excluding hydrogens is 380 g/mol. The fourth-order valence-corrected chi connectivity index (χ4v) is 3.51. The van der Waals surface area contributed by atoms with Gasteiger partial charge in [0.05, 0.1) is 18.3 Å². The highest BCUT2D eigenvalue weighted by atomic mass is 19.1. The minimum atomic E-state index is -1.40. The van der Waals surface area contributed by atoms with Gasteiger partial charge in [-0.05, 0) is 17.5 Å². The third-order valence-electron chi connectivity index (χ3n) is 5.03. The first-order chi connectivity index (χ1) is 13.8. The largest absolute Gasteiger partial charge is 0.465 e. The Labute approximate surface area is 167 Å². The summed E-state index contributed by atoms with van der Waals surface area (Å²) in [6.45, 7) is 3.35. The number of amides is 2. The van der Waals surface area contributed by atoms with Crippen LogP contribution in [0.5, 0.6) is 0 Å². The lowest BCUT2D eigenvalue weighted by Crippen LogP contribution is -2.46. The molecule has 2 aromatic rings. The number of halogens is 2. The Bertz CT molecular complexity index is 892. The second-order valence-corrected chi connectivity index (χ2v) is 7.41. The van der Waals surface area contributed by atoms with Crippen LogP contribution in [-0.4, -0.2) is 45.7 Å². The van der Waals surface area contributed by atoms with E-state index in [1.54, 1.807) is 42.5 Å². The van der Waals surface area contributed by atoms with Gasteiger partial charge in [-0.15, -0.1) is 0 Å². The second kappa shape index (κ2) is 8.55. The number of hydrogen-bond acceptors (Lipinski definition) is 3. The number of carbonyl (C=O) groups is 2. The van der Waals surface area contributed by atoms with Crippen molar-refractivity contribution >= 4 is 12.0 Å². The molecule has 154 valence electrons. The quantitative estimate of drug-likeness (QED) is 0.747. The van der Waals surface area contributed by atoms with Crippen LogP contribution in [0.1, 0.15) is 49.0 Å². The van der Waals surface area contributed by atoms with Gasteiger partial charge in [-0.25, -0.2) is 14.2 Å². The minimum Gasteiger partial charge on any atom is -0.465 e. The fraction of sp³-hybridized carbons (Fsp3) is 0.381. The van der Waals surface area contributed by atoms with Gasteiger partial charge in [0.25, 0.3) is 0 Å².